The van der Waals surface area contributed by atoms with Crippen LogP contribution in [-0.2, 0) is 0 Å². The summed E-state index contributed by atoms with van der Waals surface area (Å²) < 4.78 is 1.69. The lowest BCUT2D eigenvalue weighted by molar-refractivity contribution is 0.0719. The van der Waals surface area contributed by atoms with Crippen LogP contribution in [0.2, 0.25) is 0 Å². The van der Waals surface area contributed by atoms with E-state index in [9.17, 15) is 4.79 Å². The first-order valence-corrected chi connectivity index (χ1v) is 8.69. The minimum atomic E-state index is -0.0576. The highest BCUT2D eigenvalue weighted by Gasteiger charge is 2.22. The molecule has 0 radical (unpaired) electrons. The summed E-state index contributed by atoms with van der Waals surface area (Å²) in [4.78, 5) is 23.3. The van der Waals surface area contributed by atoms with Crippen molar-refractivity contribution >= 4 is 5.91 Å². The Morgan fingerprint density at radius 3 is 2.62 bits per heavy atom. The first-order valence-electron chi connectivity index (χ1n) is 8.69. The second-order valence-corrected chi connectivity index (χ2v) is 6.13. The molecule has 3 aromatic heterocycles. The molecule has 3 heterocycles. The number of aromatic nitrogens is 5. The monoisotopic (exact) mass is 350 g/mol. The molecule has 0 aliphatic heterocycles. The van der Waals surface area contributed by atoms with E-state index in [0.717, 1.165) is 24.8 Å². The van der Waals surface area contributed by atoms with Crippen molar-refractivity contribution in [3.8, 4) is 5.82 Å². The van der Waals surface area contributed by atoms with E-state index in [1.165, 1.54) is 0 Å². The van der Waals surface area contributed by atoms with Crippen LogP contribution in [0.3, 0.4) is 0 Å². The first-order chi connectivity index (χ1) is 12.7. The van der Waals surface area contributed by atoms with Crippen LogP contribution in [0.1, 0.15) is 48.1 Å². The van der Waals surface area contributed by atoms with Crippen molar-refractivity contribution in [1.29, 1.82) is 0 Å². The lowest BCUT2D eigenvalue weighted by Crippen LogP contribution is -2.31. The van der Waals surface area contributed by atoms with Gasteiger partial charge in [-0.2, -0.15) is 0 Å². The number of nitrogens with zero attached hydrogens (tertiary/aromatic N) is 6. The highest BCUT2D eigenvalue weighted by Crippen LogP contribution is 2.26. The minimum Gasteiger partial charge on any atom is -0.335 e. The third kappa shape index (κ3) is 3.93. The second kappa shape index (κ2) is 8.33. The smallest absolute Gasteiger partial charge is 0.255 e. The van der Waals surface area contributed by atoms with Gasteiger partial charge in [-0.05, 0) is 30.2 Å². The molecule has 0 spiro atoms. The fourth-order valence-electron chi connectivity index (χ4n) is 2.88. The van der Waals surface area contributed by atoms with Crippen molar-refractivity contribution in [1.82, 2.24) is 29.6 Å². The Morgan fingerprint density at radius 2 is 2.00 bits per heavy atom. The van der Waals surface area contributed by atoms with Gasteiger partial charge in [-0.3, -0.25) is 14.3 Å². The lowest BCUT2D eigenvalue weighted by Gasteiger charge is -2.28. The predicted molar refractivity (Wildman–Crippen MR) is 97.8 cm³/mol. The molecule has 0 fully saturated rings. The highest BCUT2D eigenvalue weighted by atomic mass is 16.2. The molecule has 134 valence electrons. The molecule has 0 aromatic carbocycles. The average Bonchev–Trinajstić information content (AvgIpc) is 3.23. The zero-order valence-electron chi connectivity index (χ0n) is 15.0. The van der Waals surface area contributed by atoms with Crippen molar-refractivity contribution in [2.45, 2.75) is 32.2 Å². The summed E-state index contributed by atoms with van der Waals surface area (Å²) in [6, 6.07) is 7.48. The predicted octanol–water partition coefficient (Wildman–Crippen LogP) is 3.06. The van der Waals surface area contributed by atoms with Crippen molar-refractivity contribution in [2.75, 3.05) is 7.05 Å². The molecule has 1 atom stereocenters. The Balaban J connectivity index is 1.80. The van der Waals surface area contributed by atoms with E-state index in [0.29, 0.717) is 11.4 Å². The molecule has 0 unspecified atom stereocenters. The summed E-state index contributed by atoms with van der Waals surface area (Å²) in [5, 5.41) is 7.52. The molecule has 0 N–H and O–H groups in total. The van der Waals surface area contributed by atoms with Crippen LogP contribution in [0.25, 0.3) is 5.82 Å². The lowest BCUT2D eigenvalue weighted by atomic mass is 10.0. The second-order valence-electron chi connectivity index (χ2n) is 6.13. The van der Waals surface area contributed by atoms with Crippen LogP contribution in [0, 0.1) is 0 Å². The van der Waals surface area contributed by atoms with Gasteiger partial charge in [0, 0.05) is 25.6 Å². The molecular weight excluding hydrogens is 328 g/mol. The van der Waals surface area contributed by atoms with Crippen LogP contribution in [0.4, 0.5) is 0 Å². The van der Waals surface area contributed by atoms with Crippen molar-refractivity contribution in [3.63, 3.8) is 0 Å². The van der Waals surface area contributed by atoms with Crippen LogP contribution in [-0.4, -0.2) is 42.6 Å². The minimum absolute atomic E-state index is 0.00586. The molecule has 1 amide bonds. The Labute approximate surface area is 152 Å². The third-order valence-electron chi connectivity index (χ3n) is 4.37. The number of rotatable bonds is 7. The summed E-state index contributed by atoms with van der Waals surface area (Å²) >= 11 is 0. The largest absolute Gasteiger partial charge is 0.335 e. The number of amides is 1. The van der Waals surface area contributed by atoms with Gasteiger partial charge in [-0.25, -0.2) is 4.98 Å². The van der Waals surface area contributed by atoms with E-state index in [1.54, 1.807) is 46.6 Å². The fourth-order valence-corrected chi connectivity index (χ4v) is 2.88. The summed E-state index contributed by atoms with van der Waals surface area (Å²) in [6.45, 7) is 2.15. The zero-order chi connectivity index (χ0) is 18.4. The summed E-state index contributed by atoms with van der Waals surface area (Å²) in [5.74, 6) is 0.613. The summed E-state index contributed by atoms with van der Waals surface area (Å²) in [5.41, 5.74) is 1.60. The van der Waals surface area contributed by atoms with E-state index in [2.05, 4.69) is 27.1 Å². The Bertz CT molecular complexity index is 817. The van der Waals surface area contributed by atoms with E-state index in [4.69, 9.17) is 0 Å². The van der Waals surface area contributed by atoms with Gasteiger partial charge in [0.25, 0.3) is 5.91 Å². The van der Waals surface area contributed by atoms with Gasteiger partial charge >= 0.3 is 0 Å². The van der Waals surface area contributed by atoms with Gasteiger partial charge in [0.2, 0.25) is 0 Å². The van der Waals surface area contributed by atoms with Crippen molar-refractivity contribution < 1.29 is 4.79 Å². The number of hydrogen-bond acceptors (Lipinski definition) is 5. The van der Waals surface area contributed by atoms with Gasteiger partial charge in [-0.15, -0.1) is 10.2 Å². The molecule has 0 aliphatic carbocycles. The molecule has 26 heavy (non-hydrogen) atoms. The van der Waals surface area contributed by atoms with E-state index in [-0.39, 0.29) is 11.9 Å². The maximum atomic E-state index is 13.0. The molecule has 0 bridgehead atoms. The van der Waals surface area contributed by atoms with E-state index in [1.807, 2.05) is 25.4 Å². The third-order valence-corrected chi connectivity index (χ3v) is 4.37. The topological polar surface area (TPSA) is 76.8 Å². The van der Waals surface area contributed by atoms with E-state index < -0.39 is 0 Å². The Morgan fingerprint density at radius 1 is 1.19 bits per heavy atom. The van der Waals surface area contributed by atoms with Crippen LogP contribution >= 0.6 is 0 Å². The molecule has 0 aliphatic rings. The molecule has 0 saturated carbocycles. The number of hydrogen-bond donors (Lipinski definition) is 0. The molecule has 7 heteroatoms. The summed E-state index contributed by atoms with van der Waals surface area (Å²) in [7, 11) is 1.84. The standard InChI is InChI=1S/C19H22N6O/c1-3-4-7-17(15-6-5-10-20-11-15)24(2)19(26)16-8-9-18(21-12-16)25-13-22-23-14-25/h5-6,8-14,17H,3-4,7H2,1-2H3/t17-/m0/s1. The summed E-state index contributed by atoms with van der Waals surface area (Å²) in [6.07, 6.45) is 11.3. The molecule has 3 rings (SSSR count). The molecule has 7 nitrogen and oxygen atoms in total. The van der Waals surface area contributed by atoms with Crippen molar-refractivity contribution in [3.05, 3.63) is 66.6 Å². The fraction of sp³-hybridized carbons (Fsp3) is 0.316. The van der Waals surface area contributed by atoms with Gasteiger partial charge in [-0.1, -0.05) is 25.8 Å². The van der Waals surface area contributed by atoms with Gasteiger partial charge in [0.05, 0.1) is 11.6 Å². The highest BCUT2D eigenvalue weighted by molar-refractivity contribution is 5.94. The van der Waals surface area contributed by atoms with Gasteiger partial charge in [0.15, 0.2) is 0 Å². The number of carbonyl (C=O) groups excluding carboxylic acids is 1. The zero-order valence-corrected chi connectivity index (χ0v) is 15.0. The maximum absolute atomic E-state index is 13.0. The van der Waals surface area contributed by atoms with Crippen LogP contribution in [0.5, 0.6) is 0 Å². The Kier molecular flexibility index (Phi) is 5.68. The average molecular weight is 350 g/mol. The molecule has 3 aromatic rings. The normalized spacial score (nSPS) is 11.9. The van der Waals surface area contributed by atoms with Crippen LogP contribution < -0.4 is 0 Å². The number of carbonyl (C=O) groups is 1. The quantitative estimate of drug-likeness (QED) is 0.654. The molecular formula is C19H22N6O. The maximum Gasteiger partial charge on any atom is 0.255 e. The Hall–Kier alpha value is -3.09. The van der Waals surface area contributed by atoms with Gasteiger partial charge < -0.3 is 4.90 Å². The van der Waals surface area contributed by atoms with Crippen molar-refractivity contribution in [2.24, 2.45) is 0 Å². The number of pyridine rings is 2. The first kappa shape index (κ1) is 17.7. The van der Waals surface area contributed by atoms with E-state index >= 15 is 0 Å². The SMILES string of the molecule is CCCC[C@@H](c1cccnc1)N(C)C(=O)c1ccc(-n2cnnc2)nc1. The number of unbranched alkanes of at least 4 members (excludes halogenated alkanes) is 1. The van der Waals surface area contributed by atoms with Crippen LogP contribution in [0.15, 0.2) is 55.5 Å². The molecule has 0 saturated heterocycles. The van der Waals surface area contributed by atoms with Gasteiger partial charge in [0.1, 0.15) is 18.5 Å².